The van der Waals surface area contributed by atoms with Crippen molar-refractivity contribution in [2.24, 2.45) is 0 Å². The van der Waals surface area contributed by atoms with Gasteiger partial charge >= 0.3 is 0 Å². The minimum absolute atomic E-state index is 0.131. The first-order chi connectivity index (χ1) is 28.6. The van der Waals surface area contributed by atoms with E-state index in [0.29, 0.717) is 44.8 Å². The Bertz CT molecular complexity index is 2160. The second-order valence-electron chi connectivity index (χ2n) is 15.2. The van der Waals surface area contributed by atoms with Gasteiger partial charge in [-0.15, -0.1) is 0 Å². The van der Waals surface area contributed by atoms with E-state index in [1.54, 1.807) is 7.11 Å². The van der Waals surface area contributed by atoms with E-state index in [-0.39, 0.29) is 12.4 Å². The molecule has 1 unspecified atom stereocenters. The van der Waals surface area contributed by atoms with Gasteiger partial charge in [0.2, 0.25) is 0 Å². The van der Waals surface area contributed by atoms with Crippen molar-refractivity contribution in [1.82, 2.24) is 0 Å². The summed E-state index contributed by atoms with van der Waals surface area (Å²) >= 11 is 0. The van der Waals surface area contributed by atoms with Gasteiger partial charge in [-0.05, 0) is 87.5 Å². The predicted octanol–water partition coefficient (Wildman–Crippen LogP) is 10.3. The van der Waals surface area contributed by atoms with Gasteiger partial charge in [0, 0.05) is 6.42 Å². The van der Waals surface area contributed by atoms with Crippen LogP contribution in [0.15, 0.2) is 152 Å². The van der Waals surface area contributed by atoms with Gasteiger partial charge in [-0.1, -0.05) is 133 Å². The van der Waals surface area contributed by atoms with Crippen LogP contribution < -0.4 is 4.74 Å². The van der Waals surface area contributed by atoms with Gasteiger partial charge in [-0.3, -0.25) is 0 Å². The fourth-order valence-electron chi connectivity index (χ4n) is 8.22. The molecule has 1 fully saturated rings. The summed E-state index contributed by atoms with van der Waals surface area (Å²) in [7, 11) is 1.65. The van der Waals surface area contributed by atoms with Crippen LogP contribution in [0.2, 0.25) is 0 Å². The van der Waals surface area contributed by atoms with E-state index < -0.39 is 30.5 Å². The minimum atomic E-state index is -0.612. The molecule has 0 aromatic heterocycles. The predicted molar refractivity (Wildman–Crippen MR) is 223 cm³/mol. The number of ether oxygens (including phenoxy) is 6. The van der Waals surface area contributed by atoms with Gasteiger partial charge in [0.15, 0.2) is 0 Å². The standard InChI is InChI=1S/C51H51FO6/c1-53-42-27-25-36(26-28-42)29-41-30-45(43-23-14-24-44(43)47(41)52)48-50(56-33-39-19-10-4-11-20-39)51(57-34-40-21-12-5-13-22-40)49(55-32-38-17-8-3-9-18-38)46(58-48)35-54-31-37-15-6-2-7-16-37/h2-13,15-22,25-28,30,46,48-51H,14,23-24,29,31-35H2,1H3/t46-,48?,49-,50+,51+/m1/s1. The molecule has 0 bridgehead atoms. The molecule has 1 aliphatic carbocycles. The Morgan fingerprint density at radius 2 is 1.05 bits per heavy atom. The molecule has 0 spiro atoms. The third kappa shape index (κ3) is 9.75. The van der Waals surface area contributed by atoms with E-state index in [1.807, 2.05) is 103 Å². The van der Waals surface area contributed by atoms with Crippen LogP contribution >= 0.6 is 0 Å². The van der Waals surface area contributed by atoms with Crippen LogP contribution in [0.1, 0.15) is 62.6 Å². The lowest BCUT2D eigenvalue weighted by molar-refractivity contribution is -0.275. The van der Waals surface area contributed by atoms with E-state index in [2.05, 4.69) is 48.5 Å². The highest BCUT2D eigenvalue weighted by molar-refractivity contribution is 5.47. The van der Waals surface area contributed by atoms with Crippen LogP contribution in [0.3, 0.4) is 0 Å². The topological polar surface area (TPSA) is 55.4 Å². The van der Waals surface area contributed by atoms with Gasteiger partial charge < -0.3 is 28.4 Å². The third-order valence-electron chi connectivity index (χ3n) is 11.2. The number of fused-ring (bicyclic) bond motifs is 1. The lowest BCUT2D eigenvalue weighted by atomic mass is 9.85. The second kappa shape index (κ2) is 19.5. The molecule has 1 heterocycles. The zero-order chi connectivity index (χ0) is 39.5. The highest BCUT2D eigenvalue weighted by Gasteiger charge is 2.50. The summed E-state index contributed by atoms with van der Waals surface area (Å²) in [5.74, 6) is 0.632. The summed E-state index contributed by atoms with van der Waals surface area (Å²) in [6, 6.07) is 50.5. The maximum Gasteiger partial charge on any atom is 0.130 e. The van der Waals surface area contributed by atoms with Crippen LogP contribution in [0.4, 0.5) is 4.39 Å². The number of benzene rings is 6. The largest absolute Gasteiger partial charge is 0.497 e. The van der Waals surface area contributed by atoms with Crippen molar-refractivity contribution < 1.29 is 32.8 Å². The molecule has 58 heavy (non-hydrogen) atoms. The van der Waals surface area contributed by atoms with Crippen molar-refractivity contribution in [3.8, 4) is 5.75 Å². The monoisotopic (exact) mass is 778 g/mol. The van der Waals surface area contributed by atoms with Crippen molar-refractivity contribution >= 4 is 0 Å². The number of halogens is 1. The van der Waals surface area contributed by atoms with Crippen LogP contribution in [-0.4, -0.2) is 38.1 Å². The van der Waals surface area contributed by atoms with Gasteiger partial charge in [0.1, 0.15) is 42.1 Å². The smallest absolute Gasteiger partial charge is 0.130 e. The van der Waals surface area contributed by atoms with E-state index in [4.69, 9.17) is 28.4 Å². The molecule has 0 N–H and O–H groups in total. The molecule has 1 aliphatic heterocycles. The first kappa shape index (κ1) is 39.7. The van der Waals surface area contributed by atoms with E-state index >= 15 is 4.39 Å². The van der Waals surface area contributed by atoms with Crippen molar-refractivity contribution in [2.45, 2.75) is 82.6 Å². The van der Waals surface area contributed by atoms with E-state index in [9.17, 15) is 0 Å². The average molecular weight is 779 g/mol. The summed E-state index contributed by atoms with van der Waals surface area (Å²) in [5, 5.41) is 0. The quantitative estimate of drug-likeness (QED) is 0.0919. The number of methoxy groups -OCH3 is 1. The molecule has 1 saturated heterocycles. The molecule has 8 rings (SSSR count). The molecule has 0 amide bonds. The van der Waals surface area contributed by atoms with Gasteiger partial charge in [0.25, 0.3) is 0 Å². The summed E-state index contributed by atoms with van der Waals surface area (Å²) in [4.78, 5) is 0. The molecule has 5 atom stereocenters. The molecular weight excluding hydrogens is 728 g/mol. The highest BCUT2D eigenvalue weighted by atomic mass is 19.1. The van der Waals surface area contributed by atoms with Crippen LogP contribution in [0.25, 0.3) is 0 Å². The zero-order valence-electron chi connectivity index (χ0n) is 33.0. The van der Waals surface area contributed by atoms with Crippen molar-refractivity contribution in [3.63, 3.8) is 0 Å². The minimum Gasteiger partial charge on any atom is -0.497 e. The molecule has 6 nitrogen and oxygen atoms in total. The third-order valence-corrected chi connectivity index (χ3v) is 11.2. The SMILES string of the molecule is COc1ccc(Cc2cc(C3O[C@H](COCc4ccccc4)[C@@H](OCc4ccccc4)[C@H](OCc4ccccc4)[C@H]3OCc3ccccc3)c3c(c2F)CCC3)cc1. The highest BCUT2D eigenvalue weighted by Crippen LogP contribution is 2.43. The fourth-order valence-corrected chi connectivity index (χ4v) is 8.22. The molecule has 7 heteroatoms. The Balaban J connectivity index is 1.21. The van der Waals surface area contributed by atoms with Gasteiger partial charge in [0.05, 0.1) is 40.1 Å². The Hall–Kier alpha value is -5.15. The molecule has 0 radical (unpaired) electrons. The molecule has 6 aromatic carbocycles. The average Bonchev–Trinajstić information content (AvgIpc) is 3.78. The van der Waals surface area contributed by atoms with E-state index in [0.717, 1.165) is 63.1 Å². The zero-order valence-corrected chi connectivity index (χ0v) is 33.0. The Morgan fingerprint density at radius 3 is 1.60 bits per heavy atom. The molecule has 298 valence electrons. The van der Waals surface area contributed by atoms with E-state index in [1.165, 1.54) is 0 Å². The Labute approximate surface area is 341 Å². The molecule has 6 aromatic rings. The Morgan fingerprint density at radius 1 is 0.552 bits per heavy atom. The van der Waals surface area contributed by atoms with Crippen LogP contribution in [-0.2, 0) is 69.4 Å². The van der Waals surface area contributed by atoms with Crippen molar-refractivity contribution in [3.05, 3.63) is 208 Å². The summed E-state index contributed by atoms with van der Waals surface area (Å²) in [6.45, 7) is 1.70. The maximum absolute atomic E-state index is 16.6. The first-order valence-electron chi connectivity index (χ1n) is 20.3. The first-order valence-corrected chi connectivity index (χ1v) is 20.3. The van der Waals surface area contributed by atoms with Crippen LogP contribution in [0.5, 0.6) is 5.75 Å². The second-order valence-corrected chi connectivity index (χ2v) is 15.2. The lowest BCUT2D eigenvalue weighted by Crippen LogP contribution is -2.58. The normalized spacial score (nSPS) is 20.1. The lowest BCUT2D eigenvalue weighted by Gasteiger charge is -2.47. The van der Waals surface area contributed by atoms with Crippen molar-refractivity contribution in [2.75, 3.05) is 13.7 Å². The molecular formula is C51H51FO6. The summed E-state index contributed by atoms with van der Waals surface area (Å²) in [6.07, 6.45) is -0.170. The number of hydrogen-bond acceptors (Lipinski definition) is 6. The van der Waals surface area contributed by atoms with Crippen LogP contribution in [0, 0.1) is 5.82 Å². The molecule has 0 saturated carbocycles. The fraction of sp³-hybridized carbons (Fsp3) is 0.294. The summed E-state index contributed by atoms with van der Waals surface area (Å²) < 4.78 is 56.7. The summed E-state index contributed by atoms with van der Waals surface area (Å²) in [5.41, 5.74) is 8.52. The number of hydrogen-bond donors (Lipinski definition) is 0. The van der Waals surface area contributed by atoms with Gasteiger partial charge in [-0.25, -0.2) is 4.39 Å². The number of rotatable bonds is 17. The van der Waals surface area contributed by atoms with Crippen molar-refractivity contribution in [1.29, 1.82) is 0 Å². The Kier molecular flexibility index (Phi) is 13.4. The maximum atomic E-state index is 16.6. The van der Waals surface area contributed by atoms with Gasteiger partial charge in [-0.2, -0.15) is 0 Å². The molecule has 2 aliphatic rings.